The van der Waals surface area contributed by atoms with Crippen molar-refractivity contribution < 1.29 is 0 Å². The molecular formula is C46H47N3. The van der Waals surface area contributed by atoms with Crippen LogP contribution in [0.2, 0.25) is 0 Å². The molecule has 0 saturated carbocycles. The van der Waals surface area contributed by atoms with Crippen molar-refractivity contribution >= 4 is 6.08 Å². The third kappa shape index (κ3) is 7.90. The Morgan fingerprint density at radius 2 is 1.61 bits per heavy atom. The van der Waals surface area contributed by atoms with Crippen LogP contribution < -0.4 is 0 Å². The third-order valence-corrected chi connectivity index (χ3v) is 9.51. The van der Waals surface area contributed by atoms with E-state index in [1.165, 1.54) is 44.8 Å². The Hall–Kier alpha value is -5.28. The first-order valence-corrected chi connectivity index (χ1v) is 17.6. The fourth-order valence-corrected chi connectivity index (χ4v) is 6.89. The molecule has 1 atom stereocenters. The topological polar surface area (TPSA) is 30.7 Å². The van der Waals surface area contributed by atoms with E-state index in [2.05, 4.69) is 148 Å². The second kappa shape index (κ2) is 15.7. The summed E-state index contributed by atoms with van der Waals surface area (Å²) in [7, 11) is 0. The lowest BCUT2D eigenvalue weighted by Gasteiger charge is -2.15. The molecular weight excluding hydrogens is 595 g/mol. The van der Waals surface area contributed by atoms with Crippen LogP contribution in [0.4, 0.5) is 0 Å². The summed E-state index contributed by atoms with van der Waals surface area (Å²) in [6.45, 7) is 13.8. The number of hydrogen-bond acceptors (Lipinski definition) is 2. The Morgan fingerprint density at radius 1 is 0.898 bits per heavy atom. The first-order valence-electron chi connectivity index (χ1n) is 17.6. The maximum atomic E-state index is 5.12. The molecule has 5 aromatic rings. The van der Waals surface area contributed by atoms with Gasteiger partial charge in [0, 0.05) is 35.0 Å². The van der Waals surface area contributed by atoms with E-state index < -0.39 is 0 Å². The number of allylic oxidation sites excluding steroid dienone is 8. The van der Waals surface area contributed by atoms with E-state index in [4.69, 9.17) is 9.97 Å². The molecule has 6 rings (SSSR count). The summed E-state index contributed by atoms with van der Waals surface area (Å²) in [5.74, 6) is 0.851. The molecule has 0 N–H and O–H groups in total. The van der Waals surface area contributed by atoms with Crippen LogP contribution in [0.5, 0.6) is 0 Å². The van der Waals surface area contributed by atoms with Crippen molar-refractivity contribution in [3.63, 3.8) is 0 Å². The Bertz CT molecular complexity index is 2040. The summed E-state index contributed by atoms with van der Waals surface area (Å²) >= 11 is 0. The van der Waals surface area contributed by atoms with Gasteiger partial charge >= 0.3 is 0 Å². The van der Waals surface area contributed by atoms with Gasteiger partial charge in [0.1, 0.15) is 0 Å². The molecule has 0 radical (unpaired) electrons. The minimum atomic E-state index is 0.100. The fraction of sp³-hybridized carbons (Fsp3) is 0.217. The highest BCUT2D eigenvalue weighted by atomic mass is 15.0. The summed E-state index contributed by atoms with van der Waals surface area (Å²) in [6.07, 6.45) is 19.7. The smallest absolute Gasteiger partial charge is 0.160 e. The van der Waals surface area contributed by atoms with Gasteiger partial charge in [-0.2, -0.15) is 0 Å². The maximum absolute atomic E-state index is 5.12. The van der Waals surface area contributed by atoms with Gasteiger partial charge in [0.25, 0.3) is 0 Å². The molecule has 0 bridgehead atoms. The maximum Gasteiger partial charge on any atom is 0.160 e. The first-order chi connectivity index (χ1) is 23.9. The van der Waals surface area contributed by atoms with Crippen LogP contribution in [-0.4, -0.2) is 14.5 Å². The summed E-state index contributed by atoms with van der Waals surface area (Å²) in [4.78, 5) is 10.2. The molecule has 1 aliphatic rings. The largest absolute Gasteiger partial charge is 0.341 e. The van der Waals surface area contributed by atoms with Crippen LogP contribution in [0.25, 0.3) is 39.8 Å². The van der Waals surface area contributed by atoms with Crippen molar-refractivity contribution in [2.24, 2.45) is 0 Å². The van der Waals surface area contributed by atoms with Crippen molar-refractivity contribution in [2.75, 3.05) is 0 Å². The second-order valence-corrected chi connectivity index (χ2v) is 13.0. The zero-order valence-electron chi connectivity index (χ0n) is 29.4. The third-order valence-electron chi connectivity index (χ3n) is 9.51. The van der Waals surface area contributed by atoms with Crippen molar-refractivity contribution in [1.29, 1.82) is 0 Å². The Morgan fingerprint density at radius 3 is 2.35 bits per heavy atom. The van der Waals surface area contributed by atoms with Crippen LogP contribution in [-0.2, 0) is 19.4 Å². The molecule has 246 valence electrons. The molecule has 3 heteroatoms. The van der Waals surface area contributed by atoms with Gasteiger partial charge in [0.05, 0.1) is 11.4 Å². The molecule has 2 heterocycles. The van der Waals surface area contributed by atoms with Gasteiger partial charge in [-0.15, -0.1) is 0 Å². The van der Waals surface area contributed by atoms with Crippen LogP contribution in [0.3, 0.4) is 0 Å². The van der Waals surface area contributed by atoms with Gasteiger partial charge < -0.3 is 4.57 Å². The van der Waals surface area contributed by atoms with Crippen molar-refractivity contribution in [3.05, 3.63) is 173 Å². The standard InChI is InChI=1S/C46H47N3/c1-6-8-11-25-41-35(5)49(45-27-17-16-26-42(41)45)32-36(7-2)29-33(3)28-34(4)43-31-44(48-46(47-43)38-21-14-10-15-22-38)40-24-18-23-39(30-40)37-19-12-9-13-20-37/h6,8-15,17-24,27-31,34H,1,7,16,25-26,32H2,2-5H3/b11-8-,33-28-,36-29+. The Kier molecular flexibility index (Phi) is 10.8. The fourth-order valence-electron chi connectivity index (χ4n) is 6.89. The molecule has 0 saturated heterocycles. The quantitative estimate of drug-likeness (QED) is 0.127. The average molecular weight is 642 g/mol. The minimum Gasteiger partial charge on any atom is -0.341 e. The van der Waals surface area contributed by atoms with Gasteiger partial charge in [0.2, 0.25) is 0 Å². The highest BCUT2D eigenvalue weighted by Gasteiger charge is 2.20. The lowest BCUT2D eigenvalue weighted by molar-refractivity contribution is 0.725. The van der Waals surface area contributed by atoms with E-state index in [1.807, 2.05) is 24.3 Å². The molecule has 0 amide bonds. The summed E-state index contributed by atoms with van der Waals surface area (Å²) < 4.78 is 2.53. The first kappa shape index (κ1) is 33.6. The summed E-state index contributed by atoms with van der Waals surface area (Å²) in [5.41, 5.74) is 14.8. The highest BCUT2D eigenvalue weighted by molar-refractivity contribution is 5.72. The minimum absolute atomic E-state index is 0.100. The van der Waals surface area contributed by atoms with E-state index in [9.17, 15) is 0 Å². The van der Waals surface area contributed by atoms with Gasteiger partial charge in [-0.1, -0.05) is 147 Å². The number of rotatable bonds is 12. The summed E-state index contributed by atoms with van der Waals surface area (Å²) in [5, 5.41) is 0. The van der Waals surface area contributed by atoms with Crippen molar-refractivity contribution in [2.45, 2.75) is 65.8 Å². The van der Waals surface area contributed by atoms with Gasteiger partial charge in [-0.05, 0) is 80.0 Å². The van der Waals surface area contributed by atoms with E-state index in [0.717, 1.165) is 60.6 Å². The monoisotopic (exact) mass is 641 g/mol. The van der Waals surface area contributed by atoms with Gasteiger partial charge in [-0.25, -0.2) is 9.97 Å². The summed E-state index contributed by atoms with van der Waals surface area (Å²) in [6, 6.07) is 31.6. The predicted molar refractivity (Wildman–Crippen MR) is 208 cm³/mol. The van der Waals surface area contributed by atoms with Crippen LogP contribution in [0.1, 0.15) is 67.7 Å². The predicted octanol–water partition coefficient (Wildman–Crippen LogP) is 11.9. The van der Waals surface area contributed by atoms with E-state index in [0.29, 0.717) is 0 Å². The van der Waals surface area contributed by atoms with E-state index in [1.54, 1.807) is 0 Å². The Balaban J connectivity index is 1.32. The number of benzene rings is 3. The second-order valence-electron chi connectivity index (χ2n) is 13.0. The number of aromatic nitrogens is 3. The molecule has 3 nitrogen and oxygen atoms in total. The number of nitrogens with zero attached hydrogens (tertiary/aromatic N) is 3. The molecule has 0 aliphatic heterocycles. The average Bonchev–Trinajstić information content (AvgIpc) is 3.41. The lowest BCUT2D eigenvalue weighted by atomic mass is 9.97. The van der Waals surface area contributed by atoms with E-state index >= 15 is 0 Å². The zero-order chi connectivity index (χ0) is 34.2. The van der Waals surface area contributed by atoms with Crippen LogP contribution >= 0.6 is 0 Å². The van der Waals surface area contributed by atoms with Crippen molar-refractivity contribution in [3.8, 4) is 33.8 Å². The highest BCUT2D eigenvalue weighted by Crippen LogP contribution is 2.32. The van der Waals surface area contributed by atoms with Gasteiger partial charge in [-0.3, -0.25) is 0 Å². The van der Waals surface area contributed by atoms with Crippen molar-refractivity contribution in [1.82, 2.24) is 14.5 Å². The zero-order valence-corrected chi connectivity index (χ0v) is 29.4. The number of hydrogen-bond donors (Lipinski definition) is 0. The molecule has 1 unspecified atom stereocenters. The van der Waals surface area contributed by atoms with Crippen LogP contribution in [0.15, 0.2) is 145 Å². The molecule has 1 aliphatic carbocycles. The van der Waals surface area contributed by atoms with Crippen LogP contribution in [0, 0.1) is 6.92 Å². The molecule has 2 aromatic heterocycles. The molecule has 3 aromatic carbocycles. The Labute approximate surface area is 292 Å². The number of fused-ring (bicyclic) bond motifs is 1. The van der Waals surface area contributed by atoms with E-state index in [-0.39, 0.29) is 5.92 Å². The molecule has 0 spiro atoms. The SMILES string of the molecule is C=C/C=C\Cc1c2c(n(C/C(=C/C(C)=C\C(C)c3cc(-c4cccc(-c5ccccc5)c4)nc(-c4ccccc4)n3)CC)c1C)C=CCC2. The van der Waals surface area contributed by atoms with Gasteiger partial charge in [0.15, 0.2) is 5.82 Å². The molecule has 49 heavy (non-hydrogen) atoms. The molecule has 0 fully saturated rings. The lowest BCUT2D eigenvalue weighted by Crippen LogP contribution is -2.07. The normalized spacial score (nSPS) is 13.9.